The Labute approximate surface area is 740 Å². The number of benzene rings is 1. The molecule has 8 fully saturated rings. The summed E-state index contributed by atoms with van der Waals surface area (Å²) in [7, 11) is 0. The van der Waals surface area contributed by atoms with Crippen LogP contribution in [0.4, 0.5) is 45.6 Å². The van der Waals surface area contributed by atoms with Crippen LogP contribution in [-0.2, 0) is 9.53 Å². The standard InChI is InChI=1S/C15H24FN3O.2C15H19FN2.C15H21N3.C14H24N2O.C13H20FN3.C13H17NO2/c1-10(2)14-9-18(5-4-11(14)3)15(20)19-8-12(16)6-13(19)7-17;2*1-4-12-5-6-15(17-9-12)18-8-7-13(11(2)3)14(16)10-18;1-5-13-6-7-15(17-16-13)18-9-8-14(11(2)3)12(4)10-18;1-11(2)13-8-16(7-4-12(13)3)14(5-6-15)9-17-10-14;1-9(2)11-6-7-17(8-12(11)14)13-5-4-10(3)15-16-13;1-8(2)10-7-16-11-6-4-3-5-9(11)12(10)13(14)15/h10-14H,4-6,8-9H2,1-3H3;2*1,5-6,9,11,13-14H,7-8,10H2,2-3H3;1,6-7,11-12,14H,8-10H2,2-4H3;11-13H,4-5,7-10H2,1-3H3;4-5,9,11-12H,6-8H2,1-3H3;3-6,8,10,12H,7H2,1-2H3,(H2,14,15)/t11-,12+,13+,14-;13-,14+;13-,14-;12-,14-;12-,13-;11-,12-;/m100110./s1. The molecular weight excluding hydrogens is 1570 g/mol. The molecule has 8 saturated heterocycles. The largest absolute Gasteiger partial charge is 0.493 e. The highest BCUT2D eigenvalue weighted by atomic mass is 19.1. The van der Waals surface area contributed by atoms with Crippen molar-refractivity contribution < 1.29 is 36.6 Å². The van der Waals surface area contributed by atoms with Crippen LogP contribution < -0.4 is 30.1 Å². The summed E-state index contributed by atoms with van der Waals surface area (Å²) in [5.74, 6) is 19.8. The lowest BCUT2D eigenvalue weighted by atomic mass is 9.77. The average molecular weight is 1710 g/mol. The van der Waals surface area contributed by atoms with Gasteiger partial charge >= 0.3 is 6.03 Å². The maximum Gasteiger partial charge on any atom is 0.321 e. The molecule has 0 aliphatic carbocycles. The minimum absolute atomic E-state index is 0.0437. The Morgan fingerprint density at radius 3 is 1.37 bits per heavy atom. The third-order valence-electron chi connectivity index (χ3n) is 27.6. The average Bonchev–Trinajstić information content (AvgIpc) is 0.913. The first kappa shape index (κ1) is 100. The van der Waals surface area contributed by atoms with Crippen LogP contribution in [0.3, 0.4) is 0 Å². The Balaban J connectivity index is 0.000000180. The van der Waals surface area contributed by atoms with E-state index in [4.69, 9.17) is 45.0 Å². The van der Waals surface area contributed by atoms with Gasteiger partial charge in [0, 0.05) is 93.8 Å². The van der Waals surface area contributed by atoms with Gasteiger partial charge in [-0.1, -0.05) is 148 Å². The number of urea groups is 1. The van der Waals surface area contributed by atoms with Crippen LogP contribution in [0.5, 0.6) is 5.75 Å². The smallest absolute Gasteiger partial charge is 0.321 e. The number of ether oxygens (including phenoxy) is 2. The maximum atomic E-state index is 14.1. The predicted octanol–water partition coefficient (Wildman–Crippen LogP) is 17.8. The lowest BCUT2D eigenvalue weighted by Crippen LogP contribution is -2.65. The van der Waals surface area contributed by atoms with Crippen molar-refractivity contribution in [3.8, 4) is 54.9 Å². The molecule has 676 valence electrons. The lowest BCUT2D eigenvalue weighted by molar-refractivity contribution is -0.154. The molecule has 0 radical (unpaired) electrons. The molecule has 9 aliphatic heterocycles. The van der Waals surface area contributed by atoms with Crippen LogP contribution in [0, 0.1) is 167 Å². The van der Waals surface area contributed by atoms with E-state index in [2.05, 4.69) is 182 Å². The highest BCUT2D eigenvalue weighted by molar-refractivity contribution is 5.83. The number of aryl methyl sites for hydroxylation is 1. The Hall–Kier alpha value is -9.28. The Morgan fingerprint density at radius 2 is 0.968 bits per heavy atom. The van der Waals surface area contributed by atoms with Crippen molar-refractivity contribution in [2.75, 3.05) is 125 Å². The highest BCUT2D eigenvalue weighted by Crippen LogP contribution is 2.42. The quantitative estimate of drug-likeness (QED) is 0.0805. The number of pyridine rings is 2. The molecule has 4 aromatic heterocycles. The Kier molecular flexibility index (Phi) is 38.7. The highest BCUT2D eigenvalue weighted by Gasteiger charge is 2.48. The monoisotopic (exact) mass is 1710 g/mol. The predicted molar refractivity (Wildman–Crippen MR) is 490 cm³/mol. The lowest BCUT2D eigenvalue weighted by Gasteiger charge is -2.53. The number of hydrogen-bond donors (Lipinski definition) is 1. The van der Waals surface area contributed by atoms with E-state index < -0.39 is 30.7 Å². The number of carbonyl (C=O) groups is 2. The minimum atomic E-state index is -1.06. The Morgan fingerprint density at radius 1 is 0.508 bits per heavy atom. The molecule has 13 heterocycles. The number of anilines is 4. The topological polar surface area (TPSA) is 226 Å². The normalized spacial score (nSPS) is 27.1. The fourth-order valence-electron chi connectivity index (χ4n) is 19.5. The molecule has 20 nitrogen and oxygen atoms in total. The SMILES string of the molecule is C#Cc1ccc(N2CC[C@@H](C(C)C)[C@@H](F)C2)nc1.C#Cc1ccc(N2CC[C@@H](C(C)C)[C@H](F)C2)nc1.C#Cc1ccc(N2CC[C@H](C(C)C)[C@H](C)C2)nn1.CC(C)C1COc2ccccc2C1C(N)=O.CC(C)[C@H]1CN(C(=O)N2C[C@@H](F)C[C@H]2C#N)CC[C@H]1C.CC(C)[C@H]1CN(C2(CC#N)COC2)CC[C@H]1C.Cc1ccc(N2CC[C@@H](C(C)C)[C@@H](F)C2)nn1. The van der Waals surface area contributed by atoms with E-state index in [-0.39, 0.29) is 60.0 Å². The molecule has 2 unspecified atom stereocenters. The number of carbonyl (C=O) groups excluding carboxylic acids is 2. The van der Waals surface area contributed by atoms with Crippen molar-refractivity contribution >= 4 is 35.2 Å². The molecule has 16 atom stereocenters. The molecule has 124 heavy (non-hydrogen) atoms. The molecular formula is C100H144F4N16O4. The molecule has 2 N–H and O–H groups in total. The maximum absolute atomic E-state index is 14.1. The van der Waals surface area contributed by atoms with Gasteiger partial charge in [-0.25, -0.2) is 32.3 Å². The summed E-state index contributed by atoms with van der Waals surface area (Å²) in [6.45, 7) is 51.1. The summed E-state index contributed by atoms with van der Waals surface area (Å²) in [6, 6.07) is 26.4. The van der Waals surface area contributed by atoms with E-state index in [1.165, 1.54) is 17.7 Å². The van der Waals surface area contributed by atoms with E-state index in [0.29, 0.717) is 85.7 Å². The first-order chi connectivity index (χ1) is 59.0. The van der Waals surface area contributed by atoms with Crippen molar-refractivity contribution in [1.82, 2.24) is 45.1 Å². The fraction of sp³-hybridized carbons (Fsp3) is 0.660. The number of nitrogens with zero attached hydrogens (tertiary/aromatic N) is 15. The summed E-state index contributed by atoms with van der Waals surface area (Å²) in [4.78, 5) is 46.8. The van der Waals surface area contributed by atoms with Crippen LogP contribution >= 0.6 is 0 Å². The van der Waals surface area contributed by atoms with Gasteiger partial charge in [-0.15, -0.1) is 34.6 Å². The van der Waals surface area contributed by atoms with Crippen LogP contribution in [0.25, 0.3) is 0 Å². The van der Waals surface area contributed by atoms with Crippen molar-refractivity contribution in [2.45, 2.75) is 218 Å². The summed E-state index contributed by atoms with van der Waals surface area (Å²) in [5.41, 5.74) is 9.50. The number of fused-ring (bicyclic) bond motifs is 1. The second-order valence-corrected chi connectivity index (χ2v) is 38.5. The zero-order chi connectivity index (χ0) is 90.8. The van der Waals surface area contributed by atoms with E-state index in [0.717, 1.165) is 179 Å². The minimum Gasteiger partial charge on any atom is -0.493 e. The second-order valence-electron chi connectivity index (χ2n) is 38.5. The molecule has 3 amide bonds. The van der Waals surface area contributed by atoms with E-state index in [1.54, 1.807) is 12.4 Å². The van der Waals surface area contributed by atoms with Gasteiger partial charge in [-0.05, 0) is 207 Å². The third-order valence-corrected chi connectivity index (χ3v) is 27.6. The number of para-hydroxylation sites is 1. The van der Waals surface area contributed by atoms with Crippen molar-refractivity contribution in [3.63, 3.8) is 0 Å². The number of nitrogens with two attached hydrogens (primary N) is 1. The van der Waals surface area contributed by atoms with Crippen molar-refractivity contribution in [3.05, 3.63) is 113 Å². The van der Waals surface area contributed by atoms with Crippen LogP contribution in [-0.4, -0.2) is 198 Å². The molecule has 24 heteroatoms. The summed E-state index contributed by atoms with van der Waals surface area (Å²) in [5, 5.41) is 34.4. The molecule has 1 aromatic carbocycles. The first-order valence-corrected chi connectivity index (χ1v) is 45.7. The summed E-state index contributed by atoms with van der Waals surface area (Å²) < 4.78 is 66.7. The second kappa shape index (κ2) is 47.9. The van der Waals surface area contributed by atoms with Gasteiger partial charge in [0.25, 0.3) is 0 Å². The number of hydrogen-bond acceptors (Lipinski definition) is 17. The Bertz CT molecular complexity index is 4100. The summed E-state index contributed by atoms with van der Waals surface area (Å²) in [6.07, 6.45) is 22.7. The molecule has 0 spiro atoms. The molecule has 0 saturated carbocycles. The number of terminal acetylenes is 3. The van der Waals surface area contributed by atoms with Gasteiger partial charge in [-0.3, -0.25) is 9.69 Å². The van der Waals surface area contributed by atoms with Gasteiger partial charge in [0.1, 0.15) is 53.8 Å². The molecule has 9 aliphatic rings. The number of nitriles is 2. The van der Waals surface area contributed by atoms with Crippen molar-refractivity contribution in [2.24, 2.45) is 106 Å². The van der Waals surface area contributed by atoms with Crippen LogP contribution in [0.1, 0.15) is 203 Å². The first-order valence-electron chi connectivity index (χ1n) is 45.7. The third kappa shape index (κ3) is 27.4. The van der Waals surface area contributed by atoms with Gasteiger partial charge in [0.2, 0.25) is 5.91 Å². The number of halogens is 4. The zero-order valence-electron chi connectivity index (χ0n) is 77.5. The van der Waals surface area contributed by atoms with E-state index in [1.807, 2.05) is 105 Å². The molecule has 14 rings (SSSR count). The number of rotatable bonds is 14. The van der Waals surface area contributed by atoms with Gasteiger partial charge in [0.05, 0.1) is 81.7 Å². The number of likely N-dealkylation sites (tertiary alicyclic amines) is 3. The van der Waals surface area contributed by atoms with Crippen LogP contribution in [0.2, 0.25) is 0 Å². The van der Waals surface area contributed by atoms with Crippen LogP contribution in [0.15, 0.2) is 85.2 Å². The van der Waals surface area contributed by atoms with Crippen molar-refractivity contribution in [1.29, 1.82) is 10.5 Å². The van der Waals surface area contributed by atoms with E-state index >= 15 is 0 Å². The fourth-order valence-corrected chi connectivity index (χ4v) is 19.5. The number of primary amides is 1. The number of alkyl halides is 4. The molecule has 0 bridgehead atoms. The number of aromatic nitrogens is 6. The molecule has 5 aromatic rings. The van der Waals surface area contributed by atoms with Gasteiger partial charge < -0.3 is 44.6 Å². The van der Waals surface area contributed by atoms with E-state index in [9.17, 15) is 27.2 Å². The van der Waals surface area contributed by atoms with Gasteiger partial charge in [0.15, 0.2) is 11.6 Å². The van der Waals surface area contributed by atoms with Gasteiger partial charge in [-0.2, -0.15) is 15.6 Å². The summed E-state index contributed by atoms with van der Waals surface area (Å²) >= 11 is 0. The number of piperidine rings is 6. The number of amides is 3. The zero-order valence-corrected chi connectivity index (χ0v) is 77.5.